The molecule has 0 aliphatic carbocycles. The summed E-state index contributed by atoms with van der Waals surface area (Å²) in [6.45, 7) is 1.79. The third-order valence-electron chi connectivity index (χ3n) is 3.77. The van der Waals surface area contributed by atoms with Crippen molar-refractivity contribution >= 4 is 11.6 Å². The van der Waals surface area contributed by atoms with E-state index < -0.39 is 0 Å². The molecule has 0 aromatic heterocycles. The van der Waals surface area contributed by atoms with Crippen LogP contribution >= 0.6 is 0 Å². The van der Waals surface area contributed by atoms with E-state index in [1.807, 2.05) is 30.3 Å². The highest BCUT2D eigenvalue weighted by Gasteiger charge is 2.16. The molecule has 0 saturated heterocycles. The van der Waals surface area contributed by atoms with Gasteiger partial charge in [-0.3, -0.25) is 5.43 Å². The Morgan fingerprint density at radius 1 is 1.00 bits per heavy atom. The minimum atomic E-state index is 0.720. The van der Waals surface area contributed by atoms with Crippen LogP contribution in [0.25, 0.3) is 0 Å². The lowest BCUT2D eigenvalue weighted by Gasteiger charge is -2.24. The van der Waals surface area contributed by atoms with Crippen LogP contribution in [0.15, 0.2) is 59.6 Å². The summed E-state index contributed by atoms with van der Waals surface area (Å²) in [6.07, 6.45) is 2.21. The van der Waals surface area contributed by atoms with Crippen LogP contribution in [-0.2, 0) is 13.0 Å². The maximum atomic E-state index is 5.70. The third kappa shape index (κ3) is 3.23. The Bertz CT molecular complexity index is 622. The molecule has 0 bridgehead atoms. The summed E-state index contributed by atoms with van der Waals surface area (Å²) in [5.41, 5.74) is 6.44. The maximum Gasteiger partial charge on any atom is 0.213 e. The van der Waals surface area contributed by atoms with E-state index in [0.29, 0.717) is 0 Å². The van der Waals surface area contributed by atoms with Crippen molar-refractivity contribution in [3.8, 4) is 0 Å². The number of hydrogen-bond acceptors (Lipinski definition) is 2. The second kappa shape index (κ2) is 6.41. The molecular formula is C17H20N4. The lowest BCUT2D eigenvalue weighted by Crippen LogP contribution is -2.44. The van der Waals surface area contributed by atoms with E-state index in [1.165, 1.54) is 11.1 Å². The first-order chi connectivity index (χ1) is 10.4. The lowest BCUT2D eigenvalue weighted by molar-refractivity contribution is 0.402. The molecule has 1 aliphatic heterocycles. The summed E-state index contributed by atoms with van der Waals surface area (Å²) in [7, 11) is 0. The molecule has 0 fully saturated rings. The number of benzene rings is 2. The number of nitrogens with one attached hydrogen (secondary N) is 1. The fourth-order valence-electron chi connectivity index (χ4n) is 2.70. The first-order valence-electron chi connectivity index (χ1n) is 7.29. The van der Waals surface area contributed by atoms with Crippen molar-refractivity contribution < 1.29 is 0 Å². The van der Waals surface area contributed by atoms with Gasteiger partial charge in [0.2, 0.25) is 5.96 Å². The van der Waals surface area contributed by atoms with Crippen LogP contribution in [0, 0.1) is 0 Å². The van der Waals surface area contributed by atoms with Gasteiger partial charge < -0.3 is 4.90 Å². The molecule has 3 N–H and O–H groups in total. The van der Waals surface area contributed by atoms with Gasteiger partial charge >= 0.3 is 0 Å². The number of aryl methyl sites for hydroxylation is 1. The SMILES string of the molecule is NNC(=Nc1ccccc1)N1CCCc2ccccc2C1. The molecule has 108 valence electrons. The summed E-state index contributed by atoms with van der Waals surface area (Å²) < 4.78 is 0. The summed E-state index contributed by atoms with van der Waals surface area (Å²) in [5.74, 6) is 6.42. The number of guanidine groups is 1. The molecule has 0 amide bonds. The number of aliphatic imine (C=N–C) groups is 1. The lowest BCUT2D eigenvalue weighted by atomic mass is 10.0. The monoisotopic (exact) mass is 280 g/mol. The molecule has 1 aliphatic rings. The number of hydrazine groups is 1. The van der Waals surface area contributed by atoms with E-state index in [2.05, 4.69) is 39.6 Å². The molecule has 3 rings (SSSR count). The van der Waals surface area contributed by atoms with Crippen LogP contribution in [-0.4, -0.2) is 17.4 Å². The van der Waals surface area contributed by atoms with Gasteiger partial charge in [0.15, 0.2) is 0 Å². The van der Waals surface area contributed by atoms with E-state index >= 15 is 0 Å². The van der Waals surface area contributed by atoms with Gasteiger partial charge in [-0.25, -0.2) is 10.8 Å². The fraction of sp³-hybridized carbons (Fsp3) is 0.235. The average molecular weight is 280 g/mol. The van der Waals surface area contributed by atoms with E-state index in [1.54, 1.807) is 0 Å². The largest absolute Gasteiger partial charge is 0.337 e. The van der Waals surface area contributed by atoms with Crippen molar-refractivity contribution in [1.29, 1.82) is 0 Å². The number of rotatable bonds is 1. The normalized spacial score (nSPS) is 15.3. The Kier molecular flexibility index (Phi) is 4.17. The second-order valence-corrected chi connectivity index (χ2v) is 5.21. The fourth-order valence-corrected chi connectivity index (χ4v) is 2.70. The molecule has 4 heteroatoms. The number of fused-ring (bicyclic) bond motifs is 1. The zero-order valence-electron chi connectivity index (χ0n) is 12.0. The zero-order chi connectivity index (χ0) is 14.5. The molecule has 0 spiro atoms. The Morgan fingerprint density at radius 3 is 2.48 bits per heavy atom. The highest BCUT2D eigenvalue weighted by Crippen LogP contribution is 2.19. The summed E-state index contributed by atoms with van der Waals surface area (Å²) >= 11 is 0. The van der Waals surface area contributed by atoms with Crippen molar-refractivity contribution in [3.05, 3.63) is 65.7 Å². The molecule has 21 heavy (non-hydrogen) atoms. The van der Waals surface area contributed by atoms with Gasteiger partial charge in [0, 0.05) is 13.1 Å². The van der Waals surface area contributed by atoms with Crippen molar-refractivity contribution in [2.75, 3.05) is 6.54 Å². The molecule has 0 saturated carbocycles. The molecule has 0 radical (unpaired) electrons. The van der Waals surface area contributed by atoms with Crippen molar-refractivity contribution in [1.82, 2.24) is 10.3 Å². The first-order valence-corrected chi connectivity index (χ1v) is 7.29. The van der Waals surface area contributed by atoms with Crippen LogP contribution in [0.1, 0.15) is 17.5 Å². The predicted octanol–water partition coefficient (Wildman–Crippen LogP) is 2.59. The topological polar surface area (TPSA) is 53.6 Å². The number of para-hydroxylation sites is 1. The standard InChI is InChI=1S/C17H20N4/c18-20-17(19-16-10-2-1-3-11-16)21-12-6-9-14-7-4-5-8-15(14)13-21/h1-5,7-8,10-11H,6,9,12-13,18H2,(H,19,20). The third-order valence-corrected chi connectivity index (χ3v) is 3.77. The van der Waals surface area contributed by atoms with Crippen molar-refractivity contribution in [2.24, 2.45) is 10.8 Å². The van der Waals surface area contributed by atoms with Gasteiger partial charge in [-0.1, -0.05) is 42.5 Å². The number of hydrogen-bond donors (Lipinski definition) is 2. The van der Waals surface area contributed by atoms with Gasteiger partial charge in [-0.05, 0) is 36.1 Å². The predicted molar refractivity (Wildman–Crippen MR) is 86.0 cm³/mol. The molecule has 2 aromatic rings. The first kappa shape index (κ1) is 13.6. The van der Waals surface area contributed by atoms with Crippen LogP contribution in [0.2, 0.25) is 0 Å². The molecule has 4 nitrogen and oxygen atoms in total. The number of nitrogens with two attached hydrogens (primary N) is 1. The molecule has 0 atom stereocenters. The molecule has 0 unspecified atom stereocenters. The van der Waals surface area contributed by atoms with E-state index in [-0.39, 0.29) is 0 Å². The van der Waals surface area contributed by atoms with Crippen LogP contribution in [0.3, 0.4) is 0 Å². The van der Waals surface area contributed by atoms with Gasteiger partial charge in [-0.15, -0.1) is 0 Å². The molecule has 2 aromatic carbocycles. The minimum Gasteiger partial charge on any atom is -0.337 e. The summed E-state index contributed by atoms with van der Waals surface area (Å²) in [4.78, 5) is 6.83. The number of nitrogens with zero attached hydrogens (tertiary/aromatic N) is 2. The van der Waals surface area contributed by atoms with Gasteiger partial charge in [0.1, 0.15) is 0 Å². The Balaban J connectivity index is 1.86. The maximum absolute atomic E-state index is 5.70. The van der Waals surface area contributed by atoms with Gasteiger partial charge in [0.25, 0.3) is 0 Å². The second-order valence-electron chi connectivity index (χ2n) is 5.21. The Hall–Kier alpha value is -2.33. The van der Waals surface area contributed by atoms with E-state index in [4.69, 9.17) is 5.84 Å². The Morgan fingerprint density at radius 2 is 1.71 bits per heavy atom. The summed E-state index contributed by atoms with van der Waals surface area (Å²) in [6, 6.07) is 18.5. The Labute approximate surface area is 125 Å². The van der Waals surface area contributed by atoms with Crippen molar-refractivity contribution in [2.45, 2.75) is 19.4 Å². The van der Waals surface area contributed by atoms with Gasteiger partial charge in [0.05, 0.1) is 5.69 Å². The highest BCUT2D eigenvalue weighted by molar-refractivity contribution is 5.82. The highest BCUT2D eigenvalue weighted by atomic mass is 15.4. The zero-order valence-corrected chi connectivity index (χ0v) is 12.0. The van der Waals surface area contributed by atoms with Crippen LogP contribution < -0.4 is 11.3 Å². The molecular weight excluding hydrogens is 260 g/mol. The van der Waals surface area contributed by atoms with E-state index in [0.717, 1.165) is 37.6 Å². The van der Waals surface area contributed by atoms with Crippen LogP contribution in [0.4, 0.5) is 5.69 Å². The average Bonchev–Trinajstić information content (AvgIpc) is 2.76. The minimum absolute atomic E-state index is 0.720. The summed E-state index contributed by atoms with van der Waals surface area (Å²) in [5, 5.41) is 0. The van der Waals surface area contributed by atoms with Gasteiger partial charge in [-0.2, -0.15) is 0 Å². The molecule has 1 heterocycles. The smallest absolute Gasteiger partial charge is 0.213 e. The van der Waals surface area contributed by atoms with Crippen LogP contribution in [0.5, 0.6) is 0 Å². The van der Waals surface area contributed by atoms with E-state index in [9.17, 15) is 0 Å². The van der Waals surface area contributed by atoms with Crippen molar-refractivity contribution in [3.63, 3.8) is 0 Å². The quantitative estimate of drug-likeness (QED) is 0.365.